The number of hydrogen-bond acceptors (Lipinski definition) is 6. The maximum Gasteiger partial charge on any atom is 0.229 e. The Morgan fingerprint density at radius 2 is 1.75 bits per heavy atom. The zero-order valence-electron chi connectivity index (χ0n) is 13.8. The van der Waals surface area contributed by atoms with Crippen molar-refractivity contribution in [1.82, 2.24) is 10.6 Å². The highest BCUT2D eigenvalue weighted by Crippen LogP contribution is 2.24. The first-order chi connectivity index (χ1) is 11.5. The minimum atomic E-state index is -0.350. The lowest BCUT2D eigenvalue weighted by atomic mass is 9.92. The number of thiol groups is 1. The van der Waals surface area contributed by atoms with Crippen LogP contribution in [0.1, 0.15) is 19.3 Å². The van der Waals surface area contributed by atoms with Gasteiger partial charge in [-0.25, -0.2) is 0 Å². The van der Waals surface area contributed by atoms with Crippen LogP contribution in [0.5, 0.6) is 0 Å². The van der Waals surface area contributed by atoms with E-state index in [0.29, 0.717) is 36.1 Å². The molecule has 3 amide bonds. The molecule has 2 atom stereocenters. The summed E-state index contributed by atoms with van der Waals surface area (Å²) in [5.41, 5.74) is 5.48. The summed E-state index contributed by atoms with van der Waals surface area (Å²) in [6, 6.07) is 0. The van der Waals surface area contributed by atoms with Crippen LogP contribution in [0.4, 0.5) is 0 Å². The Bertz CT molecular complexity index is 424. The lowest BCUT2D eigenvalue weighted by molar-refractivity contribution is -0.122. The van der Waals surface area contributed by atoms with E-state index in [-0.39, 0.29) is 29.6 Å². The maximum atomic E-state index is 11.8. The number of carbonyl (C=O) groups excluding carboxylic acids is 3. The van der Waals surface area contributed by atoms with E-state index in [4.69, 9.17) is 5.73 Å². The molecule has 24 heavy (non-hydrogen) atoms. The molecule has 0 aromatic heterocycles. The van der Waals surface area contributed by atoms with E-state index in [1.54, 1.807) is 11.8 Å². The van der Waals surface area contributed by atoms with Gasteiger partial charge in [0.25, 0.3) is 0 Å². The molecule has 4 N–H and O–H groups in total. The molecule has 0 aromatic rings. The number of primary amides is 1. The van der Waals surface area contributed by atoms with Gasteiger partial charge in [-0.05, 0) is 36.7 Å². The Labute approximate surface area is 157 Å². The summed E-state index contributed by atoms with van der Waals surface area (Å²) in [5.74, 6) is 2.13. The van der Waals surface area contributed by atoms with E-state index in [1.165, 1.54) is 11.8 Å². The van der Waals surface area contributed by atoms with Gasteiger partial charge < -0.3 is 16.4 Å². The molecule has 0 saturated carbocycles. The quantitative estimate of drug-likeness (QED) is 0.524. The van der Waals surface area contributed by atoms with Gasteiger partial charge in [0.05, 0.1) is 17.4 Å². The molecule has 0 spiro atoms. The smallest absolute Gasteiger partial charge is 0.229 e. The molecule has 0 bridgehead atoms. The Morgan fingerprint density at radius 1 is 1.17 bits per heavy atom. The number of carbonyl (C=O) groups is 3. The topological polar surface area (TPSA) is 101 Å². The molecule has 0 radical (unpaired) electrons. The third-order valence-corrected chi connectivity index (χ3v) is 6.32. The Hall–Kier alpha value is -0.540. The van der Waals surface area contributed by atoms with Crippen LogP contribution >= 0.6 is 36.2 Å². The fourth-order valence-electron chi connectivity index (χ4n) is 2.38. The van der Waals surface area contributed by atoms with Crippen molar-refractivity contribution in [3.8, 4) is 0 Å². The standard InChI is InChI=1S/C15H27N3O3S3/c16-15(21)12(7-22)11-3-6-23-9-13(19)17-4-1-2-5-18-14(20)10-24-8-11/h11-12,22H,1-10H2,(H2,16,21)(H,17,19)(H,18,20). The van der Waals surface area contributed by atoms with Gasteiger partial charge in [0.1, 0.15) is 0 Å². The second-order valence-corrected chi connectivity index (χ2v) is 8.22. The molecule has 138 valence electrons. The van der Waals surface area contributed by atoms with Crippen molar-refractivity contribution >= 4 is 53.9 Å². The second-order valence-electron chi connectivity index (χ2n) is 5.71. The number of thioether (sulfide) groups is 2. The summed E-state index contributed by atoms with van der Waals surface area (Å²) in [6.45, 7) is 1.25. The third kappa shape index (κ3) is 9.08. The molecule has 0 aliphatic carbocycles. The van der Waals surface area contributed by atoms with Crippen molar-refractivity contribution in [2.45, 2.75) is 19.3 Å². The molecule has 9 heteroatoms. The highest BCUT2D eigenvalue weighted by molar-refractivity contribution is 8.00. The molecular weight excluding hydrogens is 366 g/mol. The minimum Gasteiger partial charge on any atom is -0.369 e. The van der Waals surface area contributed by atoms with Gasteiger partial charge in [-0.2, -0.15) is 36.2 Å². The maximum absolute atomic E-state index is 11.8. The highest BCUT2D eigenvalue weighted by Gasteiger charge is 2.25. The summed E-state index contributed by atoms with van der Waals surface area (Å²) < 4.78 is 0. The minimum absolute atomic E-state index is 0.00533. The molecule has 1 rings (SSSR count). The average Bonchev–Trinajstić information content (AvgIpc) is 2.53. The van der Waals surface area contributed by atoms with Crippen LogP contribution in [-0.4, -0.2) is 59.6 Å². The van der Waals surface area contributed by atoms with E-state index in [0.717, 1.165) is 25.0 Å². The van der Waals surface area contributed by atoms with Crippen molar-refractivity contribution in [3.05, 3.63) is 0 Å². The van der Waals surface area contributed by atoms with Gasteiger partial charge in [-0.1, -0.05) is 0 Å². The van der Waals surface area contributed by atoms with Crippen molar-refractivity contribution in [1.29, 1.82) is 0 Å². The summed E-state index contributed by atoms with van der Waals surface area (Å²) in [6.07, 6.45) is 2.48. The van der Waals surface area contributed by atoms with Crippen molar-refractivity contribution in [2.24, 2.45) is 17.6 Å². The molecule has 1 saturated heterocycles. The van der Waals surface area contributed by atoms with Gasteiger partial charge >= 0.3 is 0 Å². The Balaban J connectivity index is 2.60. The van der Waals surface area contributed by atoms with E-state index < -0.39 is 0 Å². The van der Waals surface area contributed by atoms with Crippen molar-refractivity contribution in [3.63, 3.8) is 0 Å². The van der Waals surface area contributed by atoms with Gasteiger partial charge in [0, 0.05) is 18.8 Å². The number of hydrogen-bond donors (Lipinski definition) is 4. The second kappa shape index (κ2) is 12.8. The lowest BCUT2D eigenvalue weighted by Gasteiger charge is -2.23. The lowest BCUT2D eigenvalue weighted by Crippen LogP contribution is -2.34. The first-order valence-corrected chi connectivity index (χ1v) is 11.1. The van der Waals surface area contributed by atoms with Crippen molar-refractivity contribution < 1.29 is 14.4 Å². The molecular formula is C15H27N3O3S3. The van der Waals surface area contributed by atoms with Crippen LogP contribution in [0, 0.1) is 11.8 Å². The van der Waals surface area contributed by atoms with Gasteiger partial charge in [0.15, 0.2) is 0 Å². The van der Waals surface area contributed by atoms with E-state index >= 15 is 0 Å². The third-order valence-electron chi connectivity index (χ3n) is 3.81. The number of rotatable bonds is 3. The monoisotopic (exact) mass is 393 g/mol. The van der Waals surface area contributed by atoms with Gasteiger partial charge in [0.2, 0.25) is 17.7 Å². The van der Waals surface area contributed by atoms with Crippen molar-refractivity contribution in [2.75, 3.05) is 41.9 Å². The van der Waals surface area contributed by atoms with E-state index in [9.17, 15) is 14.4 Å². The summed E-state index contributed by atoms with van der Waals surface area (Å²) in [7, 11) is 0. The van der Waals surface area contributed by atoms with E-state index in [2.05, 4.69) is 23.3 Å². The highest BCUT2D eigenvalue weighted by atomic mass is 32.2. The first kappa shape index (κ1) is 21.5. The molecule has 0 aromatic carbocycles. The Morgan fingerprint density at radius 3 is 2.29 bits per heavy atom. The number of nitrogens with one attached hydrogen (secondary N) is 2. The van der Waals surface area contributed by atoms with Gasteiger partial charge in [-0.15, -0.1) is 0 Å². The normalized spacial score (nSPS) is 23.8. The predicted octanol–water partition coefficient (Wildman–Crippen LogP) is 0.517. The zero-order chi connectivity index (χ0) is 17.8. The fourth-order valence-corrected chi connectivity index (χ4v) is 4.87. The van der Waals surface area contributed by atoms with Crippen LogP contribution in [0.25, 0.3) is 0 Å². The zero-order valence-corrected chi connectivity index (χ0v) is 16.3. The molecule has 6 nitrogen and oxygen atoms in total. The molecule has 1 aliphatic rings. The molecule has 1 heterocycles. The van der Waals surface area contributed by atoms with Crippen LogP contribution < -0.4 is 16.4 Å². The molecule has 2 unspecified atom stereocenters. The summed E-state index contributed by atoms with van der Waals surface area (Å²) in [4.78, 5) is 35.1. The van der Waals surface area contributed by atoms with E-state index in [1.807, 2.05) is 0 Å². The number of nitrogens with two attached hydrogens (primary N) is 1. The van der Waals surface area contributed by atoms with Crippen LogP contribution in [0.2, 0.25) is 0 Å². The largest absolute Gasteiger partial charge is 0.369 e. The van der Waals surface area contributed by atoms with Crippen LogP contribution in [0.3, 0.4) is 0 Å². The average molecular weight is 394 g/mol. The summed E-state index contributed by atoms with van der Waals surface area (Å²) in [5, 5.41) is 5.75. The SMILES string of the molecule is NC(=O)C(CS)C1CCSCC(=O)NCCCCNC(=O)CSC1. The Kier molecular flexibility index (Phi) is 11.4. The predicted molar refractivity (Wildman–Crippen MR) is 105 cm³/mol. The van der Waals surface area contributed by atoms with Crippen LogP contribution in [0.15, 0.2) is 0 Å². The first-order valence-electron chi connectivity index (χ1n) is 8.13. The van der Waals surface area contributed by atoms with Gasteiger partial charge in [-0.3, -0.25) is 14.4 Å². The van der Waals surface area contributed by atoms with Crippen LogP contribution in [-0.2, 0) is 14.4 Å². The number of amides is 3. The fraction of sp³-hybridized carbons (Fsp3) is 0.800. The molecule has 1 fully saturated rings. The molecule has 1 aliphatic heterocycles. The summed E-state index contributed by atoms with van der Waals surface area (Å²) >= 11 is 7.33.